The molecule has 1 aliphatic carbocycles. The molecule has 6 nitrogen and oxygen atoms in total. The fourth-order valence-corrected chi connectivity index (χ4v) is 3.88. The first-order chi connectivity index (χ1) is 13.1. The molecule has 0 saturated heterocycles. The third-order valence-electron chi connectivity index (χ3n) is 5.59. The number of carbonyl (C=O) groups excluding carboxylic acids is 1. The molecule has 0 atom stereocenters. The smallest absolute Gasteiger partial charge is 0.254 e. The van der Waals surface area contributed by atoms with Crippen LogP contribution in [0.15, 0.2) is 36.7 Å². The van der Waals surface area contributed by atoms with Gasteiger partial charge in [-0.15, -0.1) is 0 Å². The lowest BCUT2D eigenvalue weighted by molar-refractivity contribution is 0.0942. The van der Waals surface area contributed by atoms with E-state index < -0.39 is 0 Å². The van der Waals surface area contributed by atoms with Crippen LogP contribution in [0.4, 0.5) is 0 Å². The minimum atomic E-state index is -0.0266. The van der Waals surface area contributed by atoms with Crippen LogP contribution in [0.3, 0.4) is 0 Å². The molecule has 27 heavy (non-hydrogen) atoms. The van der Waals surface area contributed by atoms with Crippen LogP contribution in [0.25, 0.3) is 11.0 Å². The van der Waals surface area contributed by atoms with E-state index in [2.05, 4.69) is 41.4 Å². The third kappa shape index (κ3) is 3.89. The van der Waals surface area contributed by atoms with Crippen molar-refractivity contribution in [3.8, 4) is 0 Å². The second-order valence-electron chi connectivity index (χ2n) is 7.87. The van der Waals surface area contributed by atoms with Crippen LogP contribution in [0.2, 0.25) is 0 Å². The van der Waals surface area contributed by atoms with Crippen molar-refractivity contribution < 1.29 is 4.79 Å². The number of benzene rings is 1. The van der Waals surface area contributed by atoms with Gasteiger partial charge in [-0.2, -0.15) is 5.10 Å². The van der Waals surface area contributed by atoms with Crippen molar-refractivity contribution in [1.82, 2.24) is 25.1 Å². The van der Waals surface area contributed by atoms with Crippen LogP contribution >= 0.6 is 0 Å². The van der Waals surface area contributed by atoms with Crippen molar-refractivity contribution in [2.75, 3.05) is 6.54 Å². The van der Waals surface area contributed by atoms with E-state index in [0.717, 1.165) is 49.1 Å². The number of fused-ring (bicyclic) bond motifs is 1. The maximum absolute atomic E-state index is 12.3. The zero-order valence-corrected chi connectivity index (χ0v) is 16.0. The van der Waals surface area contributed by atoms with Crippen molar-refractivity contribution in [3.63, 3.8) is 0 Å². The van der Waals surface area contributed by atoms with Gasteiger partial charge in [0.15, 0.2) is 0 Å². The molecule has 0 unspecified atom stereocenters. The molecule has 2 N–H and O–H groups in total. The Hall–Kier alpha value is -2.63. The molecule has 3 aromatic rings. The van der Waals surface area contributed by atoms with E-state index in [0.29, 0.717) is 17.4 Å². The average Bonchev–Trinajstić information content (AvgIpc) is 3.33. The van der Waals surface area contributed by atoms with Crippen LogP contribution in [0.1, 0.15) is 67.7 Å². The molecule has 142 valence electrons. The fraction of sp³-hybridized carbons (Fsp3) is 0.476. The molecule has 2 heterocycles. The summed E-state index contributed by atoms with van der Waals surface area (Å²) in [6.45, 7) is 4.84. The number of rotatable bonds is 5. The lowest BCUT2D eigenvalue weighted by Crippen LogP contribution is -2.31. The quantitative estimate of drug-likeness (QED) is 0.716. The number of aromatic amines is 1. The van der Waals surface area contributed by atoms with Crippen LogP contribution in [0.5, 0.6) is 0 Å². The lowest BCUT2D eigenvalue weighted by atomic mass is 9.81. The summed E-state index contributed by atoms with van der Waals surface area (Å²) >= 11 is 0. The Balaban J connectivity index is 1.28. The zero-order valence-electron chi connectivity index (χ0n) is 16.0. The number of H-pyrrole nitrogens is 1. The second kappa shape index (κ2) is 7.55. The molecule has 6 heteroatoms. The number of aromatic nitrogens is 4. The largest absolute Gasteiger partial charge is 0.352 e. The van der Waals surface area contributed by atoms with Gasteiger partial charge in [0, 0.05) is 24.7 Å². The molecule has 0 radical (unpaired) electrons. The Morgan fingerprint density at radius 2 is 2.04 bits per heavy atom. The van der Waals surface area contributed by atoms with E-state index in [1.807, 2.05) is 23.0 Å². The van der Waals surface area contributed by atoms with Crippen LogP contribution < -0.4 is 5.32 Å². The molecular formula is C21H27N5O. The second-order valence-corrected chi connectivity index (χ2v) is 7.87. The number of carbonyl (C=O) groups is 1. The van der Waals surface area contributed by atoms with E-state index in [-0.39, 0.29) is 11.9 Å². The summed E-state index contributed by atoms with van der Waals surface area (Å²) < 4.78 is 1.81. The molecule has 1 saturated carbocycles. The van der Waals surface area contributed by atoms with Crippen LogP contribution in [0, 0.1) is 5.92 Å². The van der Waals surface area contributed by atoms with Gasteiger partial charge in [-0.3, -0.25) is 9.48 Å². The Morgan fingerprint density at radius 3 is 2.74 bits per heavy atom. The molecule has 1 amide bonds. The summed E-state index contributed by atoms with van der Waals surface area (Å²) in [6, 6.07) is 8.46. The van der Waals surface area contributed by atoms with Gasteiger partial charge in [0.05, 0.1) is 22.8 Å². The monoisotopic (exact) mass is 365 g/mol. The minimum absolute atomic E-state index is 0.0266. The Bertz CT molecular complexity index is 884. The standard InChI is InChI=1S/C21H27N5O/c1-14(2)26-13-17(12-23-26)21(27)22-11-15-7-9-16(10-8-15)20-24-18-5-3-4-6-19(18)25-20/h3-6,12-16H,7-11H2,1-2H3,(H,22,27)(H,24,25). The first-order valence-corrected chi connectivity index (χ1v) is 9.87. The van der Waals surface area contributed by atoms with Gasteiger partial charge in [0.25, 0.3) is 5.91 Å². The van der Waals surface area contributed by atoms with E-state index in [1.165, 1.54) is 0 Å². The van der Waals surface area contributed by atoms with Crippen molar-refractivity contribution in [1.29, 1.82) is 0 Å². The first kappa shape index (κ1) is 17.8. The summed E-state index contributed by atoms with van der Waals surface area (Å²) in [5.41, 5.74) is 2.80. The molecule has 1 fully saturated rings. The van der Waals surface area contributed by atoms with Crippen molar-refractivity contribution in [2.45, 2.75) is 51.5 Å². The zero-order chi connectivity index (χ0) is 18.8. The highest BCUT2D eigenvalue weighted by Gasteiger charge is 2.25. The van der Waals surface area contributed by atoms with E-state index in [4.69, 9.17) is 4.98 Å². The topological polar surface area (TPSA) is 75.6 Å². The number of para-hydroxylation sites is 2. The predicted molar refractivity (Wildman–Crippen MR) is 106 cm³/mol. The molecule has 2 aromatic heterocycles. The predicted octanol–water partition coefficient (Wildman–Crippen LogP) is 4.04. The highest BCUT2D eigenvalue weighted by molar-refractivity contribution is 5.93. The number of amides is 1. The third-order valence-corrected chi connectivity index (χ3v) is 5.59. The van der Waals surface area contributed by atoms with E-state index in [1.54, 1.807) is 6.20 Å². The lowest BCUT2D eigenvalue weighted by Gasteiger charge is -2.27. The average molecular weight is 365 g/mol. The maximum atomic E-state index is 12.3. The Kier molecular flexibility index (Phi) is 4.97. The molecule has 0 spiro atoms. The molecule has 0 aliphatic heterocycles. The Labute approximate surface area is 159 Å². The number of hydrogen-bond acceptors (Lipinski definition) is 3. The van der Waals surface area contributed by atoms with Gasteiger partial charge >= 0.3 is 0 Å². The van der Waals surface area contributed by atoms with Crippen molar-refractivity contribution in [2.24, 2.45) is 5.92 Å². The SMILES string of the molecule is CC(C)n1cc(C(=O)NCC2CCC(c3nc4ccccc4[nH]3)CC2)cn1. The number of hydrogen-bond donors (Lipinski definition) is 2. The van der Waals surface area contributed by atoms with Gasteiger partial charge < -0.3 is 10.3 Å². The summed E-state index contributed by atoms with van der Waals surface area (Å²) in [6.07, 6.45) is 7.93. The van der Waals surface area contributed by atoms with Gasteiger partial charge in [-0.1, -0.05) is 12.1 Å². The number of nitrogens with one attached hydrogen (secondary N) is 2. The van der Waals surface area contributed by atoms with E-state index in [9.17, 15) is 4.79 Å². The van der Waals surface area contributed by atoms with Gasteiger partial charge in [0.1, 0.15) is 5.82 Å². The molecule has 1 aliphatic rings. The fourth-order valence-electron chi connectivity index (χ4n) is 3.88. The van der Waals surface area contributed by atoms with Crippen molar-refractivity contribution in [3.05, 3.63) is 48.0 Å². The van der Waals surface area contributed by atoms with Gasteiger partial charge in [0.2, 0.25) is 0 Å². The van der Waals surface area contributed by atoms with E-state index >= 15 is 0 Å². The van der Waals surface area contributed by atoms with Crippen molar-refractivity contribution >= 4 is 16.9 Å². The summed E-state index contributed by atoms with van der Waals surface area (Å²) in [7, 11) is 0. The highest BCUT2D eigenvalue weighted by Crippen LogP contribution is 2.35. The first-order valence-electron chi connectivity index (χ1n) is 9.87. The molecule has 0 bridgehead atoms. The molecule has 4 rings (SSSR count). The van der Waals surface area contributed by atoms with Crippen LogP contribution in [-0.2, 0) is 0 Å². The molecule has 1 aromatic carbocycles. The summed E-state index contributed by atoms with van der Waals surface area (Å²) in [5.74, 6) is 2.12. The normalized spacial score (nSPS) is 20.3. The highest BCUT2D eigenvalue weighted by atomic mass is 16.1. The minimum Gasteiger partial charge on any atom is -0.352 e. The number of nitrogens with zero attached hydrogens (tertiary/aromatic N) is 3. The Morgan fingerprint density at radius 1 is 1.26 bits per heavy atom. The molecular weight excluding hydrogens is 338 g/mol. The summed E-state index contributed by atoms with van der Waals surface area (Å²) in [4.78, 5) is 20.6. The van der Waals surface area contributed by atoms with Crippen LogP contribution in [-0.4, -0.2) is 32.2 Å². The van der Waals surface area contributed by atoms with Gasteiger partial charge in [-0.05, 0) is 57.6 Å². The number of imidazole rings is 1. The van der Waals surface area contributed by atoms with Gasteiger partial charge in [-0.25, -0.2) is 4.98 Å². The summed E-state index contributed by atoms with van der Waals surface area (Å²) in [5, 5.41) is 7.32. The maximum Gasteiger partial charge on any atom is 0.254 e.